The summed E-state index contributed by atoms with van der Waals surface area (Å²) in [4.78, 5) is 8.53. The molecule has 0 bridgehead atoms. The Labute approximate surface area is 142 Å². The fraction of sp³-hybridized carbons (Fsp3) is 0.412. The van der Waals surface area contributed by atoms with Crippen LogP contribution in [0.1, 0.15) is 29.3 Å². The summed E-state index contributed by atoms with van der Waals surface area (Å²) in [5.74, 6) is 2.27. The molecule has 0 aliphatic carbocycles. The lowest BCUT2D eigenvalue weighted by atomic mass is 10.1. The van der Waals surface area contributed by atoms with Crippen LogP contribution in [0, 0.1) is 13.8 Å². The second kappa shape index (κ2) is 8.58. The molecule has 0 saturated heterocycles. The van der Waals surface area contributed by atoms with Gasteiger partial charge in [-0.1, -0.05) is 23.7 Å². The van der Waals surface area contributed by atoms with Crippen molar-refractivity contribution in [2.45, 2.75) is 33.2 Å². The number of guanidine groups is 1. The zero-order valence-corrected chi connectivity index (χ0v) is 14.6. The zero-order chi connectivity index (χ0) is 16.7. The van der Waals surface area contributed by atoms with Crippen LogP contribution in [0.4, 0.5) is 0 Å². The minimum absolute atomic E-state index is 0.519. The van der Waals surface area contributed by atoms with Gasteiger partial charge in [0.1, 0.15) is 5.76 Å². The third-order valence-electron chi connectivity index (χ3n) is 3.55. The molecule has 0 aliphatic heterocycles. The van der Waals surface area contributed by atoms with Gasteiger partial charge in [-0.15, -0.1) is 0 Å². The van der Waals surface area contributed by atoms with Crippen molar-refractivity contribution in [3.05, 3.63) is 52.2 Å². The first-order valence-corrected chi connectivity index (χ1v) is 8.08. The van der Waals surface area contributed by atoms with E-state index >= 15 is 0 Å². The molecule has 5 nitrogen and oxygen atoms in total. The van der Waals surface area contributed by atoms with Gasteiger partial charge in [0.25, 0.3) is 0 Å². The number of nitrogens with zero attached hydrogens (tertiary/aromatic N) is 2. The average Bonchev–Trinajstić information content (AvgIpc) is 2.87. The van der Waals surface area contributed by atoms with Crippen LogP contribution in [0.2, 0.25) is 5.02 Å². The third-order valence-corrected chi connectivity index (χ3v) is 3.80. The molecule has 0 unspecified atom stereocenters. The minimum Gasteiger partial charge on any atom is -0.444 e. The van der Waals surface area contributed by atoms with Gasteiger partial charge in [-0.3, -0.25) is 4.99 Å². The van der Waals surface area contributed by atoms with Gasteiger partial charge in [0.05, 0.1) is 12.2 Å². The molecule has 0 amide bonds. The molecule has 0 aliphatic rings. The van der Waals surface area contributed by atoms with E-state index in [1.165, 1.54) is 5.56 Å². The highest BCUT2D eigenvalue weighted by molar-refractivity contribution is 6.30. The topological polar surface area (TPSA) is 62.5 Å². The van der Waals surface area contributed by atoms with Gasteiger partial charge >= 0.3 is 0 Å². The molecular formula is C17H23ClN4O. The Morgan fingerprint density at radius 3 is 2.57 bits per heavy atom. The molecular weight excluding hydrogens is 312 g/mol. The van der Waals surface area contributed by atoms with Crippen molar-refractivity contribution in [1.82, 2.24) is 15.6 Å². The largest absolute Gasteiger partial charge is 0.444 e. The van der Waals surface area contributed by atoms with E-state index in [1.54, 1.807) is 7.05 Å². The lowest BCUT2D eigenvalue weighted by Gasteiger charge is -2.10. The first-order valence-electron chi connectivity index (χ1n) is 7.70. The summed E-state index contributed by atoms with van der Waals surface area (Å²) in [5.41, 5.74) is 2.21. The molecule has 1 aromatic heterocycles. The number of rotatable bonds is 6. The third kappa shape index (κ3) is 5.60. The van der Waals surface area contributed by atoms with Gasteiger partial charge in [-0.2, -0.15) is 0 Å². The normalized spacial score (nSPS) is 11.6. The summed E-state index contributed by atoms with van der Waals surface area (Å²) in [7, 11) is 1.75. The SMILES string of the molecule is CN=C(NCCCc1ccc(Cl)cc1)NCc1nc(C)c(C)o1. The molecule has 1 aromatic carbocycles. The van der Waals surface area contributed by atoms with Crippen LogP contribution >= 0.6 is 11.6 Å². The van der Waals surface area contributed by atoms with Crippen molar-refractivity contribution in [3.8, 4) is 0 Å². The smallest absolute Gasteiger partial charge is 0.214 e. The van der Waals surface area contributed by atoms with Crippen LogP contribution in [0.3, 0.4) is 0 Å². The molecule has 6 heteroatoms. The van der Waals surface area contributed by atoms with Crippen LogP contribution in [-0.2, 0) is 13.0 Å². The van der Waals surface area contributed by atoms with E-state index in [1.807, 2.05) is 26.0 Å². The fourth-order valence-electron chi connectivity index (χ4n) is 2.15. The molecule has 1 heterocycles. The van der Waals surface area contributed by atoms with Crippen LogP contribution in [-0.4, -0.2) is 24.5 Å². The molecule has 2 rings (SSSR count). The summed E-state index contributed by atoms with van der Waals surface area (Å²) in [5, 5.41) is 7.26. The van der Waals surface area contributed by atoms with E-state index in [0.29, 0.717) is 12.4 Å². The average molecular weight is 335 g/mol. The lowest BCUT2D eigenvalue weighted by molar-refractivity contribution is 0.463. The van der Waals surface area contributed by atoms with Gasteiger partial charge in [0.2, 0.25) is 5.89 Å². The van der Waals surface area contributed by atoms with E-state index < -0.39 is 0 Å². The molecule has 0 radical (unpaired) electrons. The second-order valence-corrected chi connectivity index (χ2v) is 5.77. The fourth-order valence-corrected chi connectivity index (χ4v) is 2.27. The van der Waals surface area contributed by atoms with Crippen molar-refractivity contribution < 1.29 is 4.42 Å². The molecule has 2 N–H and O–H groups in total. The first-order chi connectivity index (χ1) is 11.1. The van der Waals surface area contributed by atoms with Gasteiger partial charge in [0, 0.05) is 18.6 Å². The van der Waals surface area contributed by atoms with Crippen LogP contribution in [0.15, 0.2) is 33.7 Å². The summed E-state index contributed by atoms with van der Waals surface area (Å²) < 4.78 is 5.54. The Hall–Kier alpha value is -2.01. The van der Waals surface area contributed by atoms with E-state index in [4.69, 9.17) is 16.0 Å². The first kappa shape index (κ1) is 17.3. The zero-order valence-electron chi connectivity index (χ0n) is 13.8. The molecule has 124 valence electrons. The summed E-state index contributed by atoms with van der Waals surface area (Å²) in [6.07, 6.45) is 2.01. The van der Waals surface area contributed by atoms with Gasteiger partial charge < -0.3 is 15.1 Å². The van der Waals surface area contributed by atoms with Crippen LogP contribution in [0.25, 0.3) is 0 Å². The number of halogens is 1. The number of benzene rings is 1. The van der Waals surface area contributed by atoms with Crippen LogP contribution in [0.5, 0.6) is 0 Å². The van der Waals surface area contributed by atoms with Gasteiger partial charge in [-0.05, 0) is 44.4 Å². The Kier molecular flexibility index (Phi) is 6.47. The quantitative estimate of drug-likeness (QED) is 0.483. The predicted octanol–water partition coefficient (Wildman–Crippen LogP) is 3.24. The number of hydrogen-bond acceptors (Lipinski definition) is 3. The maximum Gasteiger partial charge on any atom is 0.214 e. The number of aliphatic imine (C=N–C) groups is 1. The predicted molar refractivity (Wildman–Crippen MR) is 94.0 cm³/mol. The number of aryl methyl sites for hydroxylation is 3. The van der Waals surface area contributed by atoms with Crippen molar-refractivity contribution >= 4 is 17.6 Å². The van der Waals surface area contributed by atoms with Crippen molar-refractivity contribution in [2.24, 2.45) is 4.99 Å². The molecule has 0 atom stereocenters. The lowest BCUT2D eigenvalue weighted by Crippen LogP contribution is -2.37. The van der Waals surface area contributed by atoms with E-state index in [-0.39, 0.29) is 0 Å². The molecule has 0 saturated carbocycles. The maximum absolute atomic E-state index is 5.88. The molecule has 0 fully saturated rings. The number of aromatic nitrogens is 1. The maximum atomic E-state index is 5.88. The number of hydrogen-bond donors (Lipinski definition) is 2. The van der Waals surface area contributed by atoms with E-state index in [2.05, 4.69) is 32.7 Å². The highest BCUT2D eigenvalue weighted by atomic mass is 35.5. The minimum atomic E-state index is 0.519. The second-order valence-electron chi connectivity index (χ2n) is 5.33. The number of nitrogens with one attached hydrogen (secondary N) is 2. The Balaban J connectivity index is 1.69. The monoisotopic (exact) mass is 334 g/mol. The molecule has 0 spiro atoms. The molecule has 2 aromatic rings. The van der Waals surface area contributed by atoms with Crippen molar-refractivity contribution in [1.29, 1.82) is 0 Å². The van der Waals surface area contributed by atoms with Crippen molar-refractivity contribution in [3.63, 3.8) is 0 Å². The molecule has 23 heavy (non-hydrogen) atoms. The number of oxazole rings is 1. The van der Waals surface area contributed by atoms with Crippen molar-refractivity contribution in [2.75, 3.05) is 13.6 Å². The summed E-state index contributed by atoms with van der Waals surface area (Å²) in [6.45, 7) is 5.21. The van der Waals surface area contributed by atoms with E-state index in [9.17, 15) is 0 Å². The Bertz CT molecular complexity index is 630. The van der Waals surface area contributed by atoms with Gasteiger partial charge in [-0.25, -0.2) is 4.98 Å². The van der Waals surface area contributed by atoms with Crippen LogP contribution < -0.4 is 10.6 Å². The Morgan fingerprint density at radius 2 is 1.96 bits per heavy atom. The summed E-state index contributed by atoms with van der Waals surface area (Å²) in [6, 6.07) is 7.96. The summed E-state index contributed by atoms with van der Waals surface area (Å²) >= 11 is 5.88. The highest BCUT2D eigenvalue weighted by Crippen LogP contribution is 2.10. The standard InChI is InChI=1S/C17H23ClN4O/c1-12-13(2)23-16(22-12)11-21-17(19-3)20-10-4-5-14-6-8-15(18)9-7-14/h6-9H,4-5,10-11H2,1-3H3,(H2,19,20,21). The van der Waals surface area contributed by atoms with Gasteiger partial charge in [0.15, 0.2) is 5.96 Å². The Morgan fingerprint density at radius 1 is 1.22 bits per heavy atom. The highest BCUT2D eigenvalue weighted by Gasteiger charge is 2.06. The van der Waals surface area contributed by atoms with E-state index in [0.717, 1.165) is 41.8 Å².